The fourth-order valence-corrected chi connectivity index (χ4v) is 1.99. The van der Waals surface area contributed by atoms with Gasteiger partial charge in [-0.25, -0.2) is 0 Å². The van der Waals surface area contributed by atoms with E-state index >= 15 is 0 Å². The van der Waals surface area contributed by atoms with Crippen molar-refractivity contribution < 1.29 is 5.11 Å². The predicted octanol–water partition coefficient (Wildman–Crippen LogP) is 1.29. The summed E-state index contributed by atoms with van der Waals surface area (Å²) in [5.41, 5.74) is -0.362. The molecule has 1 aliphatic rings. The van der Waals surface area contributed by atoms with Crippen molar-refractivity contribution in [1.29, 1.82) is 0 Å². The molecule has 2 N–H and O–H groups in total. The Hall–Kier alpha value is -0.0800. The van der Waals surface area contributed by atoms with E-state index in [2.05, 4.69) is 19.2 Å². The zero-order valence-corrected chi connectivity index (χ0v) is 7.56. The third-order valence-electron chi connectivity index (χ3n) is 2.48. The van der Waals surface area contributed by atoms with Gasteiger partial charge in [0.05, 0.1) is 5.60 Å². The van der Waals surface area contributed by atoms with E-state index in [-0.39, 0.29) is 5.60 Å². The lowest BCUT2D eigenvalue weighted by Gasteiger charge is -2.36. The summed E-state index contributed by atoms with van der Waals surface area (Å²) in [6, 6.07) is 0.486. The quantitative estimate of drug-likeness (QED) is 0.633. The summed E-state index contributed by atoms with van der Waals surface area (Å²) < 4.78 is 0. The molecule has 0 radical (unpaired) electrons. The van der Waals surface area contributed by atoms with Gasteiger partial charge in [0.25, 0.3) is 0 Å². The van der Waals surface area contributed by atoms with Gasteiger partial charge in [0, 0.05) is 6.04 Å². The largest absolute Gasteiger partial charge is 0.390 e. The van der Waals surface area contributed by atoms with Crippen LogP contribution in [0.3, 0.4) is 0 Å². The fraction of sp³-hybridized carbons (Fsp3) is 1.00. The Balaban J connectivity index is 2.41. The highest BCUT2D eigenvalue weighted by atomic mass is 16.3. The molecule has 1 rings (SSSR count). The summed E-state index contributed by atoms with van der Waals surface area (Å²) in [5, 5.41) is 13.3. The average Bonchev–Trinajstić information content (AvgIpc) is 1.86. The van der Waals surface area contributed by atoms with Crippen LogP contribution in [0.1, 0.15) is 39.5 Å². The molecule has 11 heavy (non-hydrogen) atoms. The van der Waals surface area contributed by atoms with Crippen molar-refractivity contribution in [2.24, 2.45) is 0 Å². The Morgan fingerprint density at radius 1 is 1.64 bits per heavy atom. The fourth-order valence-electron chi connectivity index (χ4n) is 1.99. The first-order valence-corrected chi connectivity index (χ1v) is 4.62. The van der Waals surface area contributed by atoms with Gasteiger partial charge >= 0.3 is 0 Å². The monoisotopic (exact) mass is 157 g/mol. The number of hydrogen-bond acceptors (Lipinski definition) is 2. The molecule has 0 aliphatic carbocycles. The molecule has 0 aromatic heterocycles. The summed E-state index contributed by atoms with van der Waals surface area (Å²) in [6.07, 6.45) is 3.88. The molecule has 0 amide bonds. The second-order valence-corrected chi connectivity index (χ2v) is 3.78. The van der Waals surface area contributed by atoms with Crippen molar-refractivity contribution >= 4 is 0 Å². The summed E-state index contributed by atoms with van der Waals surface area (Å²) in [6.45, 7) is 5.24. The molecule has 0 saturated carbocycles. The van der Waals surface area contributed by atoms with Crippen LogP contribution in [0, 0.1) is 0 Å². The Morgan fingerprint density at radius 2 is 2.36 bits per heavy atom. The molecule has 1 fully saturated rings. The molecule has 2 nitrogen and oxygen atoms in total. The van der Waals surface area contributed by atoms with Crippen LogP contribution < -0.4 is 5.32 Å². The first kappa shape index (κ1) is 9.01. The van der Waals surface area contributed by atoms with Crippen LogP contribution in [0.5, 0.6) is 0 Å². The molecule has 2 unspecified atom stereocenters. The molecule has 2 heteroatoms. The minimum absolute atomic E-state index is 0.362. The summed E-state index contributed by atoms with van der Waals surface area (Å²) in [4.78, 5) is 0. The Labute approximate surface area is 69.0 Å². The molecule has 0 bridgehead atoms. The Kier molecular flexibility index (Phi) is 2.90. The third-order valence-corrected chi connectivity index (χ3v) is 2.48. The maximum absolute atomic E-state index is 10.0. The van der Waals surface area contributed by atoms with Crippen LogP contribution in [0.15, 0.2) is 0 Å². The van der Waals surface area contributed by atoms with Gasteiger partial charge in [0.2, 0.25) is 0 Å². The van der Waals surface area contributed by atoms with Gasteiger partial charge in [0.15, 0.2) is 0 Å². The molecule has 1 saturated heterocycles. The van der Waals surface area contributed by atoms with E-state index in [1.54, 1.807) is 0 Å². The van der Waals surface area contributed by atoms with Crippen LogP contribution in [0.4, 0.5) is 0 Å². The minimum Gasteiger partial charge on any atom is -0.390 e. The zero-order valence-electron chi connectivity index (χ0n) is 7.56. The highest BCUT2D eigenvalue weighted by molar-refractivity contribution is 4.87. The first-order chi connectivity index (χ1) is 5.16. The Morgan fingerprint density at radius 3 is 2.91 bits per heavy atom. The van der Waals surface area contributed by atoms with E-state index in [0.717, 1.165) is 32.2 Å². The van der Waals surface area contributed by atoms with E-state index in [1.807, 2.05) is 0 Å². The van der Waals surface area contributed by atoms with Crippen LogP contribution in [0.2, 0.25) is 0 Å². The minimum atomic E-state index is -0.362. The molecule has 0 aromatic rings. The smallest absolute Gasteiger partial charge is 0.0674 e. The molecule has 1 heterocycles. The maximum atomic E-state index is 10.0. The van der Waals surface area contributed by atoms with Gasteiger partial charge in [-0.2, -0.15) is 0 Å². The normalized spacial score (nSPS) is 39.0. The van der Waals surface area contributed by atoms with Gasteiger partial charge in [0.1, 0.15) is 0 Å². The van der Waals surface area contributed by atoms with Gasteiger partial charge < -0.3 is 10.4 Å². The lowest BCUT2D eigenvalue weighted by Crippen LogP contribution is -2.46. The summed E-state index contributed by atoms with van der Waals surface area (Å²) in [5.74, 6) is 0. The van der Waals surface area contributed by atoms with Crippen molar-refractivity contribution in [3.05, 3.63) is 0 Å². The standard InChI is InChI=1S/C9H19NO/c1-3-4-9(11)5-6-10-8(2)7-9/h8,10-11H,3-7H2,1-2H3. The number of hydrogen-bond donors (Lipinski definition) is 2. The maximum Gasteiger partial charge on any atom is 0.0674 e. The second kappa shape index (κ2) is 3.55. The second-order valence-electron chi connectivity index (χ2n) is 3.78. The highest BCUT2D eigenvalue weighted by Crippen LogP contribution is 2.25. The number of piperidine rings is 1. The molecule has 1 aliphatic heterocycles. The SMILES string of the molecule is CCCC1(O)CCNC(C)C1. The topological polar surface area (TPSA) is 32.3 Å². The third kappa shape index (κ3) is 2.46. The van der Waals surface area contributed by atoms with E-state index < -0.39 is 0 Å². The van der Waals surface area contributed by atoms with E-state index in [0.29, 0.717) is 6.04 Å². The van der Waals surface area contributed by atoms with Crippen molar-refractivity contribution in [2.75, 3.05) is 6.54 Å². The number of nitrogens with one attached hydrogen (secondary N) is 1. The zero-order chi connectivity index (χ0) is 8.32. The molecule has 2 atom stereocenters. The number of rotatable bonds is 2. The first-order valence-electron chi connectivity index (χ1n) is 4.62. The van der Waals surface area contributed by atoms with E-state index in [1.165, 1.54) is 0 Å². The molecule has 66 valence electrons. The van der Waals surface area contributed by atoms with Crippen molar-refractivity contribution in [3.63, 3.8) is 0 Å². The van der Waals surface area contributed by atoms with Gasteiger partial charge in [-0.15, -0.1) is 0 Å². The van der Waals surface area contributed by atoms with Crippen LogP contribution >= 0.6 is 0 Å². The molecular formula is C9H19NO. The summed E-state index contributed by atoms with van der Waals surface area (Å²) >= 11 is 0. The predicted molar refractivity (Wildman–Crippen MR) is 46.6 cm³/mol. The van der Waals surface area contributed by atoms with Crippen LogP contribution in [0.25, 0.3) is 0 Å². The van der Waals surface area contributed by atoms with Crippen molar-refractivity contribution in [3.8, 4) is 0 Å². The summed E-state index contributed by atoms with van der Waals surface area (Å²) in [7, 11) is 0. The van der Waals surface area contributed by atoms with Crippen LogP contribution in [-0.2, 0) is 0 Å². The highest BCUT2D eigenvalue weighted by Gasteiger charge is 2.30. The van der Waals surface area contributed by atoms with Gasteiger partial charge in [-0.3, -0.25) is 0 Å². The van der Waals surface area contributed by atoms with Gasteiger partial charge in [-0.1, -0.05) is 13.3 Å². The molecule has 0 aromatic carbocycles. The average molecular weight is 157 g/mol. The van der Waals surface area contributed by atoms with E-state index in [4.69, 9.17) is 0 Å². The molecule has 0 spiro atoms. The lowest BCUT2D eigenvalue weighted by atomic mass is 9.85. The van der Waals surface area contributed by atoms with Crippen molar-refractivity contribution in [2.45, 2.75) is 51.2 Å². The number of aliphatic hydroxyl groups is 1. The van der Waals surface area contributed by atoms with Gasteiger partial charge in [-0.05, 0) is 32.7 Å². The van der Waals surface area contributed by atoms with E-state index in [9.17, 15) is 5.11 Å². The Bertz CT molecular complexity index is 123. The molecular weight excluding hydrogens is 138 g/mol. The van der Waals surface area contributed by atoms with Crippen LogP contribution in [-0.4, -0.2) is 23.3 Å². The lowest BCUT2D eigenvalue weighted by molar-refractivity contribution is -0.00972. The van der Waals surface area contributed by atoms with Crippen molar-refractivity contribution in [1.82, 2.24) is 5.32 Å².